The Morgan fingerprint density at radius 3 is 2.47 bits per heavy atom. The highest BCUT2D eigenvalue weighted by molar-refractivity contribution is 9.10. The second kappa shape index (κ2) is 5.33. The lowest BCUT2D eigenvalue weighted by atomic mass is 10.3. The molecule has 1 saturated heterocycles. The molecular weight excluding hydrogens is 326 g/mol. The number of thiophene rings is 1. The van der Waals surface area contributed by atoms with Gasteiger partial charge >= 0.3 is 0 Å². The molecule has 0 saturated carbocycles. The average Bonchev–Trinajstić information content (AvgIpc) is 2.64. The van der Waals surface area contributed by atoms with Crippen molar-refractivity contribution < 1.29 is 8.42 Å². The Hall–Kier alpha value is 0.01000. The first-order chi connectivity index (χ1) is 7.97. The van der Waals surface area contributed by atoms with E-state index in [4.69, 9.17) is 5.14 Å². The maximum atomic E-state index is 11.1. The number of rotatable bonds is 3. The summed E-state index contributed by atoms with van der Waals surface area (Å²) in [6, 6.07) is 2.03. The van der Waals surface area contributed by atoms with Crippen LogP contribution in [0.3, 0.4) is 0 Å². The SMILES string of the molecule is NS(=O)(=O)N1CCN(Cc2sccc2Br)CC1. The van der Waals surface area contributed by atoms with Crippen molar-refractivity contribution in [3.05, 3.63) is 20.8 Å². The first-order valence-electron chi connectivity index (χ1n) is 5.19. The maximum absolute atomic E-state index is 11.1. The standard InChI is InChI=1S/C9H14BrN3O2S2/c10-8-1-6-16-9(8)7-12-2-4-13(5-3-12)17(11,14)15/h1,6H,2-5,7H2,(H2,11,14,15). The molecule has 2 heterocycles. The van der Waals surface area contributed by atoms with Crippen LogP contribution in [0.4, 0.5) is 0 Å². The molecule has 2 N–H and O–H groups in total. The van der Waals surface area contributed by atoms with E-state index in [1.165, 1.54) is 9.18 Å². The van der Waals surface area contributed by atoms with Crippen molar-refractivity contribution in [2.24, 2.45) is 5.14 Å². The van der Waals surface area contributed by atoms with Gasteiger partial charge in [-0.05, 0) is 27.4 Å². The topological polar surface area (TPSA) is 66.6 Å². The molecule has 1 fully saturated rings. The fourth-order valence-electron chi connectivity index (χ4n) is 1.78. The number of nitrogens with zero attached hydrogens (tertiary/aromatic N) is 2. The van der Waals surface area contributed by atoms with Gasteiger partial charge in [0.25, 0.3) is 10.2 Å². The lowest BCUT2D eigenvalue weighted by Crippen LogP contribution is -2.50. The van der Waals surface area contributed by atoms with Crippen LogP contribution >= 0.6 is 27.3 Å². The monoisotopic (exact) mass is 339 g/mol. The van der Waals surface area contributed by atoms with Gasteiger partial charge in [-0.2, -0.15) is 12.7 Å². The third-order valence-corrected chi connectivity index (χ3v) is 5.75. The summed E-state index contributed by atoms with van der Waals surface area (Å²) in [7, 11) is -3.52. The van der Waals surface area contributed by atoms with Crippen LogP contribution in [0.25, 0.3) is 0 Å². The second-order valence-electron chi connectivity index (χ2n) is 3.91. The van der Waals surface area contributed by atoms with E-state index in [0.29, 0.717) is 13.1 Å². The van der Waals surface area contributed by atoms with Gasteiger partial charge in [0.15, 0.2) is 0 Å². The molecule has 1 aliphatic heterocycles. The van der Waals surface area contributed by atoms with Crippen LogP contribution in [-0.4, -0.2) is 43.8 Å². The summed E-state index contributed by atoms with van der Waals surface area (Å²) in [5, 5.41) is 7.13. The lowest BCUT2D eigenvalue weighted by Gasteiger charge is -2.32. The minimum absolute atomic E-state index is 0.474. The second-order valence-corrected chi connectivity index (χ2v) is 7.31. The lowest BCUT2D eigenvalue weighted by molar-refractivity contribution is 0.182. The van der Waals surface area contributed by atoms with Gasteiger partial charge in [-0.3, -0.25) is 4.90 Å². The summed E-state index contributed by atoms with van der Waals surface area (Å²) in [6.45, 7) is 3.25. The Balaban J connectivity index is 1.90. The van der Waals surface area contributed by atoms with Gasteiger partial charge in [-0.25, -0.2) is 5.14 Å². The molecule has 2 rings (SSSR count). The van der Waals surface area contributed by atoms with Gasteiger partial charge in [0.1, 0.15) is 0 Å². The van der Waals surface area contributed by atoms with Gasteiger partial charge in [-0.15, -0.1) is 11.3 Å². The minimum Gasteiger partial charge on any atom is -0.296 e. The number of hydrogen-bond donors (Lipinski definition) is 1. The van der Waals surface area contributed by atoms with Crippen molar-refractivity contribution >= 4 is 37.5 Å². The molecule has 0 unspecified atom stereocenters. The summed E-state index contributed by atoms with van der Waals surface area (Å²) in [5.74, 6) is 0. The number of piperazine rings is 1. The molecule has 0 spiro atoms. The molecule has 1 aliphatic rings. The highest BCUT2D eigenvalue weighted by atomic mass is 79.9. The molecule has 5 nitrogen and oxygen atoms in total. The largest absolute Gasteiger partial charge is 0.296 e. The van der Waals surface area contributed by atoms with Crippen LogP contribution in [0.15, 0.2) is 15.9 Å². The van der Waals surface area contributed by atoms with Gasteiger partial charge in [0.05, 0.1) is 0 Å². The molecule has 1 aromatic heterocycles. The zero-order valence-electron chi connectivity index (χ0n) is 9.17. The summed E-state index contributed by atoms with van der Waals surface area (Å²) >= 11 is 5.20. The van der Waals surface area contributed by atoms with E-state index in [1.807, 2.05) is 11.4 Å². The molecule has 1 aromatic rings. The van der Waals surface area contributed by atoms with Crippen molar-refractivity contribution in [3.8, 4) is 0 Å². The van der Waals surface area contributed by atoms with Crippen LogP contribution in [-0.2, 0) is 16.8 Å². The Bertz CT molecular complexity index is 480. The number of nitrogens with two attached hydrogens (primary N) is 1. The summed E-state index contributed by atoms with van der Waals surface area (Å²) in [6.07, 6.45) is 0. The van der Waals surface area contributed by atoms with Gasteiger partial charge < -0.3 is 0 Å². The van der Waals surface area contributed by atoms with E-state index in [2.05, 4.69) is 20.8 Å². The molecule has 0 radical (unpaired) electrons. The third kappa shape index (κ3) is 3.49. The Labute approximate surface area is 114 Å². The third-order valence-electron chi connectivity index (χ3n) is 2.75. The fourth-order valence-corrected chi connectivity index (χ4v) is 3.97. The van der Waals surface area contributed by atoms with Crippen LogP contribution in [0.1, 0.15) is 4.88 Å². The van der Waals surface area contributed by atoms with E-state index in [1.54, 1.807) is 11.3 Å². The quantitative estimate of drug-likeness (QED) is 0.886. The zero-order valence-corrected chi connectivity index (χ0v) is 12.4. The van der Waals surface area contributed by atoms with Crippen LogP contribution in [0.5, 0.6) is 0 Å². The molecule has 0 aromatic carbocycles. The van der Waals surface area contributed by atoms with Crippen molar-refractivity contribution in [2.45, 2.75) is 6.54 Å². The van der Waals surface area contributed by atoms with E-state index in [-0.39, 0.29) is 0 Å². The Morgan fingerprint density at radius 1 is 1.35 bits per heavy atom. The highest BCUT2D eigenvalue weighted by Crippen LogP contribution is 2.24. The van der Waals surface area contributed by atoms with E-state index < -0.39 is 10.2 Å². The first-order valence-corrected chi connectivity index (χ1v) is 8.36. The molecule has 96 valence electrons. The van der Waals surface area contributed by atoms with Crippen molar-refractivity contribution in [1.82, 2.24) is 9.21 Å². The van der Waals surface area contributed by atoms with Crippen molar-refractivity contribution in [3.63, 3.8) is 0 Å². The van der Waals surface area contributed by atoms with E-state index >= 15 is 0 Å². The maximum Gasteiger partial charge on any atom is 0.276 e. The highest BCUT2D eigenvalue weighted by Gasteiger charge is 2.24. The predicted molar refractivity (Wildman–Crippen MR) is 72.0 cm³/mol. The van der Waals surface area contributed by atoms with Crippen LogP contribution < -0.4 is 5.14 Å². The first kappa shape index (κ1) is 13.4. The smallest absolute Gasteiger partial charge is 0.276 e. The Morgan fingerprint density at radius 2 is 2.00 bits per heavy atom. The minimum atomic E-state index is -3.52. The molecule has 0 bridgehead atoms. The molecule has 8 heteroatoms. The Kier molecular flexibility index (Phi) is 4.22. The van der Waals surface area contributed by atoms with Crippen LogP contribution in [0, 0.1) is 0 Å². The molecule has 0 amide bonds. The molecule has 0 aliphatic carbocycles. The molecule has 0 atom stereocenters. The van der Waals surface area contributed by atoms with Crippen molar-refractivity contribution in [1.29, 1.82) is 0 Å². The number of hydrogen-bond acceptors (Lipinski definition) is 4. The summed E-state index contributed by atoms with van der Waals surface area (Å²) in [4.78, 5) is 3.51. The summed E-state index contributed by atoms with van der Waals surface area (Å²) in [5.41, 5.74) is 0. The van der Waals surface area contributed by atoms with Gasteiger partial charge in [-0.1, -0.05) is 0 Å². The van der Waals surface area contributed by atoms with Gasteiger partial charge in [0.2, 0.25) is 0 Å². The normalized spacial score (nSPS) is 19.6. The van der Waals surface area contributed by atoms with E-state index in [9.17, 15) is 8.42 Å². The summed E-state index contributed by atoms with van der Waals surface area (Å²) < 4.78 is 24.7. The zero-order chi connectivity index (χ0) is 12.5. The average molecular weight is 340 g/mol. The molecular formula is C9H14BrN3O2S2. The fraction of sp³-hybridized carbons (Fsp3) is 0.556. The van der Waals surface area contributed by atoms with Gasteiger partial charge in [0, 0.05) is 42.1 Å². The van der Waals surface area contributed by atoms with E-state index in [0.717, 1.165) is 24.1 Å². The number of halogens is 1. The van der Waals surface area contributed by atoms with Crippen molar-refractivity contribution in [2.75, 3.05) is 26.2 Å². The van der Waals surface area contributed by atoms with Crippen LogP contribution in [0.2, 0.25) is 0 Å². The molecule has 17 heavy (non-hydrogen) atoms. The predicted octanol–water partition coefficient (Wildman–Crippen LogP) is 0.832.